The molecule has 0 saturated carbocycles. The van der Waals surface area contributed by atoms with Crippen molar-refractivity contribution in [2.75, 3.05) is 31.1 Å². The highest BCUT2D eigenvalue weighted by atomic mass is 32.2. The van der Waals surface area contributed by atoms with Crippen LogP contribution in [0.25, 0.3) is 10.9 Å². The van der Waals surface area contributed by atoms with Crippen molar-refractivity contribution in [1.29, 1.82) is 0 Å². The Morgan fingerprint density at radius 3 is 2.50 bits per heavy atom. The minimum atomic E-state index is -1.35. The number of hydrogen-bond acceptors (Lipinski definition) is 8. The van der Waals surface area contributed by atoms with Gasteiger partial charge in [0.2, 0.25) is 5.43 Å². The molecule has 1 saturated heterocycles. The van der Waals surface area contributed by atoms with Gasteiger partial charge < -0.3 is 23.9 Å². The number of benzene rings is 1. The first-order valence-electron chi connectivity index (χ1n) is 9.69. The predicted molar refractivity (Wildman–Crippen MR) is 115 cm³/mol. The molecule has 1 amide bonds. The molecule has 0 unspecified atom stereocenters. The number of rotatable bonds is 4. The van der Waals surface area contributed by atoms with E-state index in [2.05, 4.69) is 0 Å². The zero-order valence-electron chi connectivity index (χ0n) is 16.5. The number of aromatic nitrogens is 1. The molecule has 2 aliphatic rings. The minimum absolute atomic E-state index is 0.00790. The van der Waals surface area contributed by atoms with Crippen molar-refractivity contribution in [2.24, 2.45) is 0 Å². The first kappa shape index (κ1) is 20.1. The van der Waals surface area contributed by atoms with Crippen molar-refractivity contribution in [3.05, 3.63) is 62.2 Å². The number of carbonyl (C=O) groups excluding carboxylic acids is 1. The number of carboxylic acid groups (broad SMARTS) is 1. The zero-order chi connectivity index (χ0) is 22.6. The summed E-state index contributed by atoms with van der Waals surface area (Å²) in [6.45, 7) is 1.41. The summed E-state index contributed by atoms with van der Waals surface area (Å²) in [7, 11) is 0. The lowest BCUT2D eigenvalue weighted by molar-refractivity contribution is -0.384. The number of piperazine rings is 1. The van der Waals surface area contributed by atoms with Gasteiger partial charge in [0, 0.05) is 32.2 Å². The first-order valence-corrected chi connectivity index (χ1v) is 10.7. The summed E-state index contributed by atoms with van der Waals surface area (Å²) in [6, 6.07) is 5.96. The van der Waals surface area contributed by atoms with Gasteiger partial charge in [0.25, 0.3) is 11.6 Å². The van der Waals surface area contributed by atoms with E-state index in [1.54, 1.807) is 32.6 Å². The Balaban J connectivity index is 1.53. The maximum Gasteiger partial charge on any atom is 0.342 e. The van der Waals surface area contributed by atoms with Crippen LogP contribution in [0.1, 0.15) is 20.9 Å². The molecule has 1 N–H and O–H groups in total. The number of nitro benzene ring substituents is 1. The highest BCUT2D eigenvalue weighted by Crippen LogP contribution is 2.40. The second kappa shape index (κ2) is 7.41. The van der Waals surface area contributed by atoms with Gasteiger partial charge in [-0.2, -0.15) is 0 Å². The molecule has 0 atom stereocenters. The van der Waals surface area contributed by atoms with E-state index in [-0.39, 0.29) is 28.3 Å². The molecule has 2 aliphatic heterocycles. The van der Waals surface area contributed by atoms with Crippen molar-refractivity contribution in [1.82, 2.24) is 9.47 Å². The number of furan rings is 1. The summed E-state index contributed by atoms with van der Waals surface area (Å²) in [5, 5.41) is 21.6. The number of hydrogen-bond donors (Lipinski definition) is 1. The van der Waals surface area contributed by atoms with E-state index in [0.717, 1.165) is 6.07 Å². The average Bonchev–Trinajstić information content (AvgIpc) is 3.29. The number of fused-ring (bicyclic) bond motifs is 3. The van der Waals surface area contributed by atoms with Gasteiger partial charge in [-0.15, -0.1) is 0 Å². The van der Waals surface area contributed by atoms with E-state index < -0.39 is 16.3 Å². The molecule has 32 heavy (non-hydrogen) atoms. The smallest absolute Gasteiger partial charge is 0.342 e. The zero-order valence-corrected chi connectivity index (χ0v) is 17.3. The lowest BCUT2D eigenvalue weighted by atomic mass is 10.1. The summed E-state index contributed by atoms with van der Waals surface area (Å²) in [6.07, 6.45) is 1.42. The summed E-state index contributed by atoms with van der Waals surface area (Å²) in [5.41, 5.74) is -0.565. The molecule has 1 aromatic carbocycles. The second-order valence-electron chi connectivity index (χ2n) is 7.39. The van der Waals surface area contributed by atoms with Crippen molar-refractivity contribution in [2.45, 2.75) is 10.9 Å². The van der Waals surface area contributed by atoms with E-state index >= 15 is 0 Å². The van der Waals surface area contributed by atoms with Crippen LogP contribution < -0.4 is 10.3 Å². The molecule has 5 rings (SSSR count). The van der Waals surface area contributed by atoms with Crippen LogP contribution in [0.4, 0.5) is 11.4 Å². The van der Waals surface area contributed by atoms with Crippen LogP contribution >= 0.6 is 11.8 Å². The Morgan fingerprint density at radius 1 is 1.19 bits per heavy atom. The number of carbonyl (C=O) groups is 2. The predicted octanol–water partition coefficient (Wildman–Crippen LogP) is 2.23. The van der Waals surface area contributed by atoms with Gasteiger partial charge in [-0.3, -0.25) is 19.7 Å². The van der Waals surface area contributed by atoms with Crippen LogP contribution in [0.5, 0.6) is 0 Å². The highest BCUT2D eigenvalue weighted by molar-refractivity contribution is 7.99. The van der Waals surface area contributed by atoms with Crippen LogP contribution in [0.15, 0.2) is 44.8 Å². The minimum Gasteiger partial charge on any atom is -0.477 e. The molecular formula is C20H16N4O7S. The summed E-state index contributed by atoms with van der Waals surface area (Å²) >= 11 is 1.25. The van der Waals surface area contributed by atoms with Gasteiger partial charge in [-0.1, -0.05) is 11.8 Å². The third kappa shape index (κ3) is 3.02. The lowest BCUT2D eigenvalue weighted by Crippen LogP contribution is -2.48. The molecule has 1 fully saturated rings. The molecule has 0 bridgehead atoms. The average molecular weight is 456 g/mol. The summed E-state index contributed by atoms with van der Waals surface area (Å²) in [5.74, 6) is -0.902. The van der Waals surface area contributed by atoms with E-state index in [1.807, 2.05) is 0 Å². The Kier molecular flexibility index (Phi) is 4.66. The monoisotopic (exact) mass is 456 g/mol. The summed E-state index contributed by atoms with van der Waals surface area (Å²) in [4.78, 5) is 51.5. The van der Waals surface area contributed by atoms with Crippen molar-refractivity contribution in [3.8, 4) is 0 Å². The SMILES string of the molecule is O=C(O)c1c2n(c3cc(N4CCN(C(=O)c5ccco5)CC4)c([N+](=O)[O-])cc3c1=O)CS2. The number of nitro groups is 1. The van der Waals surface area contributed by atoms with Gasteiger partial charge in [-0.25, -0.2) is 4.79 Å². The first-order chi connectivity index (χ1) is 15.4. The van der Waals surface area contributed by atoms with Crippen molar-refractivity contribution < 1.29 is 24.0 Å². The normalized spacial score (nSPS) is 15.4. The van der Waals surface area contributed by atoms with Crippen LogP contribution in [0.2, 0.25) is 0 Å². The molecule has 164 valence electrons. The molecule has 0 aliphatic carbocycles. The number of nitrogens with zero attached hydrogens (tertiary/aromatic N) is 4. The fourth-order valence-corrected chi connectivity index (χ4v) is 5.03. The van der Waals surface area contributed by atoms with Crippen LogP contribution in [-0.2, 0) is 5.88 Å². The van der Waals surface area contributed by atoms with Crippen LogP contribution in [-0.4, -0.2) is 57.6 Å². The molecule has 3 aromatic rings. The van der Waals surface area contributed by atoms with Gasteiger partial charge in [0.1, 0.15) is 11.3 Å². The maximum absolute atomic E-state index is 12.8. The maximum atomic E-state index is 12.8. The number of aromatic carboxylic acids is 1. The Hall–Kier alpha value is -3.80. The van der Waals surface area contributed by atoms with Gasteiger partial charge in [-0.05, 0) is 18.2 Å². The fourth-order valence-electron chi connectivity index (χ4n) is 4.08. The molecular weight excluding hydrogens is 440 g/mol. The van der Waals surface area contributed by atoms with Crippen LogP contribution in [0, 0.1) is 10.1 Å². The molecule has 2 aromatic heterocycles. The quantitative estimate of drug-likeness (QED) is 0.462. The van der Waals surface area contributed by atoms with Gasteiger partial charge in [0.15, 0.2) is 5.76 Å². The third-order valence-electron chi connectivity index (χ3n) is 5.69. The number of pyridine rings is 1. The number of carboxylic acids is 1. The van der Waals surface area contributed by atoms with E-state index in [4.69, 9.17) is 4.42 Å². The molecule has 12 heteroatoms. The van der Waals surface area contributed by atoms with Crippen molar-refractivity contribution in [3.63, 3.8) is 0 Å². The Bertz CT molecular complexity index is 1340. The van der Waals surface area contributed by atoms with Crippen molar-refractivity contribution >= 4 is 45.9 Å². The van der Waals surface area contributed by atoms with Gasteiger partial charge >= 0.3 is 5.97 Å². The fraction of sp³-hybridized carbons (Fsp3) is 0.250. The largest absolute Gasteiger partial charge is 0.477 e. The molecule has 0 radical (unpaired) electrons. The standard InChI is InChI=1S/C20H16N4O7S/c25-17-11-8-14(24(29)30)13(9-12(11)23-10-32-19(23)16(17)20(27)28)21-3-5-22(6-4-21)18(26)15-2-1-7-31-15/h1-2,7-9H,3-6,10H2,(H,27,28). The number of anilines is 1. The lowest BCUT2D eigenvalue weighted by Gasteiger charge is -2.35. The number of amides is 1. The molecule has 11 nitrogen and oxygen atoms in total. The second-order valence-corrected chi connectivity index (χ2v) is 8.32. The van der Waals surface area contributed by atoms with E-state index in [1.165, 1.54) is 18.0 Å². The van der Waals surface area contributed by atoms with E-state index in [9.17, 15) is 29.6 Å². The van der Waals surface area contributed by atoms with Gasteiger partial charge in [0.05, 0.1) is 33.0 Å². The number of thioether (sulfide) groups is 1. The highest BCUT2D eigenvalue weighted by Gasteiger charge is 2.32. The van der Waals surface area contributed by atoms with E-state index in [0.29, 0.717) is 48.3 Å². The molecule has 0 spiro atoms. The Morgan fingerprint density at radius 2 is 1.94 bits per heavy atom. The summed E-state index contributed by atoms with van der Waals surface area (Å²) < 4.78 is 6.85. The Labute approximate surface area is 184 Å². The topological polar surface area (TPSA) is 139 Å². The molecule has 4 heterocycles. The van der Waals surface area contributed by atoms with Crippen LogP contribution in [0.3, 0.4) is 0 Å². The third-order valence-corrected chi connectivity index (χ3v) is 6.78.